The number of hydrogen-bond acceptors (Lipinski definition) is 2. The zero-order valence-corrected chi connectivity index (χ0v) is 17.8. The van der Waals surface area contributed by atoms with Gasteiger partial charge in [-0.05, 0) is 59.3 Å². The number of benzene rings is 4. The van der Waals surface area contributed by atoms with Crippen LogP contribution >= 0.6 is 15.9 Å². The first kappa shape index (κ1) is 18.9. The second-order valence-electron chi connectivity index (χ2n) is 7.22. The molecule has 4 aromatic rings. The van der Waals surface area contributed by atoms with Gasteiger partial charge in [0.15, 0.2) is 5.60 Å². The van der Waals surface area contributed by atoms with Gasteiger partial charge in [0.05, 0.1) is 7.11 Å². The van der Waals surface area contributed by atoms with Gasteiger partial charge in [0.25, 0.3) is 0 Å². The first-order valence-corrected chi connectivity index (χ1v) is 10.4. The summed E-state index contributed by atoms with van der Waals surface area (Å²) in [6, 6.07) is 24.4. The molecule has 1 unspecified atom stereocenters. The van der Waals surface area contributed by atoms with Crippen LogP contribution < -0.4 is 9.47 Å². The Bertz CT molecular complexity index is 1280. The molecule has 1 heterocycles. The van der Waals surface area contributed by atoms with Crippen LogP contribution in [0.15, 0.2) is 89.4 Å². The van der Waals surface area contributed by atoms with E-state index >= 15 is 0 Å². The van der Waals surface area contributed by atoms with E-state index < -0.39 is 5.60 Å². The molecular weight excluding hydrogens is 443 g/mol. The maximum Gasteiger partial charge on any atom is 0.180 e. The lowest BCUT2D eigenvalue weighted by Gasteiger charge is -2.36. The molecule has 4 aromatic carbocycles. The number of methoxy groups -OCH3 is 1. The molecule has 0 aromatic heterocycles. The molecule has 0 saturated heterocycles. The van der Waals surface area contributed by atoms with E-state index in [4.69, 9.17) is 9.47 Å². The Morgan fingerprint density at radius 2 is 1.73 bits per heavy atom. The third-order valence-electron chi connectivity index (χ3n) is 5.53. The minimum absolute atomic E-state index is 0.314. The van der Waals surface area contributed by atoms with Gasteiger partial charge in [-0.2, -0.15) is 0 Å². The molecule has 0 radical (unpaired) electrons. The van der Waals surface area contributed by atoms with E-state index in [2.05, 4.69) is 28.1 Å². The second-order valence-corrected chi connectivity index (χ2v) is 8.14. The van der Waals surface area contributed by atoms with Crippen molar-refractivity contribution in [2.24, 2.45) is 0 Å². The summed E-state index contributed by atoms with van der Waals surface area (Å²) >= 11 is 3.53. The summed E-state index contributed by atoms with van der Waals surface area (Å²) in [6.45, 7) is 0. The zero-order chi connectivity index (χ0) is 20.7. The van der Waals surface area contributed by atoms with Gasteiger partial charge in [0.1, 0.15) is 17.3 Å². The van der Waals surface area contributed by atoms with Crippen LogP contribution in [-0.2, 0) is 5.60 Å². The fourth-order valence-corrected chi connectivity index (χ4v) is 4.41. The summed E-state index contributed by atoms with van der Waals surface area (Å²) < 4.78 is 27.9. The van der Waals surface area contributed by atoms with Crippen molar-refractivity contribution in [1.29, 1.82) is 0 Å². The topological polar surface area (TPSA) is 18.5 Å². The van der Waals surface area contributed by atoms with Crippen LogP contribution in [0.2, 0.25) is 0 Å². The molecule has 0 bridgehead atoms. The molecule has 4 heteroatoms. The van der Waals surface area contributed by atoms with Gasteiger partial charge in [-0.25, -0.2) is 4.39 Å². The van der Waals surface area contributed by atoms with Gasteiger partial charge >= 0.3 is 0 Å². The molecule has 0 aliphatic carbocycles. The summed E-state index contributed by atoms with van der Waals surface area (Å²) in [5.41, 5.74) is 1.20. The van der Waals surface area contributed by atoms with E-state index in [-0.39, 0.29) is 5.82 Å². The van der Waals surface area contributed by atoms with E-state index in [9.17, 15) is 4.39 Å². The van der Waals surface area contributed by atoms with Crippen LogP contribution in [0.4, 0.5) is 4.39 Å². The van der Waals surface area contributed by atoms with Crippen LogP contribution in [0, 0.1) is 5.82 Å². The number of hydrogen-bond donors (Lipinski definition) is 0. The lowest BCUT2D eigenvalue weighted by molar-refractivity contribution is 0.156. The molecule has 0 spiro atoms. The Hall–Kier alpha value is -3.11. The molecule has 1 aliphatic heterocycles. The molecule has 5 rings (SSSR count). The highest BCUT2D eigenvalue weighted by atomic mass is 79.9. The van der Waals surface area contributed by atoms with Gasteiger partial charge in [-0.15, -0.1) is 0 Å². The van der Waals surface area contributed by atoms with Crippen molar-refractivity contribution in [1.82, 2.24) is 0 Å². The molecular formula is C26H18BrFO2. The summed E-state index contributed by atoms with van der Waals surface area (Å²) in [5, 5.41) is 2.20. The fourth-order valence-electron chi connectivity index (χ4n) is 4.03. The summed E-state index contributed by atoms with van der Waals surface area (Å²) in [6.07, 6.45) is 3.97. The fraction of sp³-hybridized carbons (Fsp3) is 0.0769. The molecule has 0 saturated carbocycles. The first-order valence-electron chi connectivity index (χ1n) is 9.61. The molecule has 1 aliphatic rings. The van der Waals surface area contributed by atoms with Gasteiger partial charge in [0, 0.05) is 21.2 Å². The summed E-state index contributed by atoms with van der Waals surface area (Å²) in [7, 11) is 1.62. The lowest BCUT2D eigenvalue weighted by Crippen LogP contribution is -2.35. The average Bonchev–Trinajstić information content (AvgIpc) is 2.78. The average molecular weight is 461 g/mol. The molecule has 30 heavy (non-hydrogen) atoms. The molecule has 0 amide bonds. The van der Waals surface area contributed by atoms with Crippen molar-refractivity contribution in [2.45, 2.75) is 5.60 Å². The maximum atomic E-state index is 15.0. The Morgan fingerprint density at radius 1 is 0.933 bits per heavy atom. The number of ether oxygens (including phenoxy) is 2. The third-order valence-corrected chi connectivity index (χ3v) is 6.03. The monoisotopic (exact) mass is 460 g/mol. The normalized spacial score (nSPS) is 17.4. The third kappa shape index (κ3) is 2.99. The van der Waals surface area contributed by atoms with E-state index in [0.29, 0.717) is 11.3 Å². The van der Waals surface area contributed by atoms with Gasteiger partial charge in [-0.3, -0.25) is 0 Å². The Labute approximate surface area is 182 Å². The van der Waals surface area contributed by atoms with Crippen molar-refractivity contribution in [3.05, 3.63) is 112 Å². The van der Waals surface area contributed by atoms with Gasteiger partial charge in [0.2, 0.25) is 0 Å². The van der Waals surface area contributed by atoms with Crippen LogP contribution in [0.3, 0.4) is 0 Å². The lowest BCUT2D eigenvalue weighted by atomic mass is 9.83. The van der Waals surface area contributed by atoms with E-state index in [1.54, 1.807) is 19.2 Å². The summed E-state index contributed by atoms with van der Waals surface area (Å²) in [4.78, 5) is 0. The van der Waals surface area contributed by atoms with Crippen molar-refractivity contribution in [3.8, 4) is 11.5 Å². The molecule has 0 fully saturated rings. The highest BCUT2D eigenvalue weighted by Gasteiger charge is 2.39. The van der Waals surface area contributed by atoms with Crippen molar-refractivity contribution >= 4 is 32.8 Å². The van der Waals surface area contributed by atoms with E-state index in [0.717, 1.165) is 32.1 Å². The quantitative estimate of drug-likeness (QED) is 0.324. The van der Waals surface area contributed by atoms with E-state index in [1.165, 1.54) is 6.07 Å². The highest BCUT2D eigenvalue weighted by Crippen LogP contribution is 2.45. The molecule has 2 nitrogen and oxygen atoms in total. The maximum absolute atomic E-state index is 15.0. The largest absolute Gasteiger partial charge is 0.497 e. The molecule has 1 atom stereocenters. The van der Waals surface area contributed by atoms with Crippen molar-refractivity contribution in [3.63, 3.8) is 0 Å². The van der Waals surface area contributed by atoms with Crippen molar-refractivity contribution in [2.75, 3.05) is 7.11 Å². The Kier molecular flexibility index (Phi) is 4.59. The van der Waals surface area contributed by atoms with Crippen LogP contribution in [0.25, 0.3) is 16.8 Å². The van der Waals surface area contributed by atoms with Crippen LogP contribution in [0.5, 0.6) is 11.5 Å². The molecule has 148 valence electrons. The zero-order valence-electron chi connectivity index (χ0n) is 16.2. The number of rotatable bonds is 3. The Morgan fingerprint density at radius 3 is 2.50 bits per heavy atom. The van der Waals surface area contributed by atoms with Gasteiger partial charge < -0.3 is 9.47 Å². The first-order chi connectivity index (χ1) is 14.6. The SMILES string of the molecule is COc1ccc(C2(c3ccccc3F)C=Cc3c(ccc4cc(Br)ccc34)O2)cc1. The molecule has 0 N–H and O–H groups in total. The second kappa shape index (κ2) is 7.29. The summed E-state index contributed by atoms with van der Waals surface area (Å²) in [5.74, 6) is 1.14. The number of halogens is 2. The minimum atomic E-state index is -1.08. The highest BCUT2D eigenvalue weighted by molar-refractivity contribution is 9.10. The Balaban J connectivity index is 1.73. The van der Waals surface area contributed by atoms with Crippen molar-refractivity contribution < 1.29 is 13.9 Å². The smallest absolute Gasteiger partial charge is 0.180 e. The predicted molar refractivity (Wildman–Crippen MR) is 121 cm³/mol. The predicted octanol–water partition coefficient (Wildman–Crippen LogP) is 7.10. The van der Waals surface area contributed by atoms with Crippen LogP contribution in [0.1, 0.15) is 16.7 Å². The van der Waals surface area contributed by atoms with E-state index in [1.807, 2.05) is 60.7 Å². The standard InChI is InChI=1S/C26H18BrFO2/c1-29-20-10-7-18(8-11-20)26(23-4-2-3-5-24(23)28)15-14-22-21-12-9-19(27)16-17(21)6-13-25(22)30-26/h2-16H,1H3. The minimum Gasteiger partial charge on any atom is -0.497 e. The van der Waals surface area contributed by atoms with Gasteiger partial charge in [-0.1, -0.05) is 58.4 Å². The van der Waals surface area contributed by atoms with Crippen LogP contribution in [-0.4, -0.2) is 7.11 Å². The number of fused-ring (bicyclic) bond motifs is 3.